The number of hydrogen-bond acceptors (Lipinski definition) is 6. The molecule has 2 unspecified atom stereocenters. The van der Waals surface area contributed by atoms with Crippen LogP contribution in [0.3, 0.4) is 0 Å². The van der Waals surface area contributed by atoms with Gasteiger partial charge >= 0.3 is 11.9 Å². The third kappa shape index (κ3) is 31.8. The van der Waals surface area contributed by atoms with Gasteiger partial charge in [-0.05, 0) is 76.7 Å². The molecule has 50 heavy (non-hydrogen) atoms. The molecule has 0 spiro atoms. The van der Waals surface area contributed by atoms with E-state index in [1.54, 1.807) is 0 Å². The number of aliphatic hydroxyl groups is 1. The minimum Gasteiger partial charge on any atom is -0.480 e. The lowest BCUT2D eigenvalue weighted by molar-refractivity contribution is -0.147. The van der Waals surface area contributed by atoms with Gasteiger partial charge in [-0.3, -0.25) is 14.4 Å². The zero-order valence-electron chi connectivity index (χ0n) is 31.1. The standard InChI is InChI=1S/C41H68N2O7/c1-3-5-7-9-11-12-13-14-15-16-17-18-19-20-21-23-29-33-40(47)50-36(30-26-22-10-8-6-4-2)31-27-24-25-28-32-38(45)42-34-39(46)43-37(35-44)41(48)49/h5,7-8,10-12,14-15,26,30,36-37,44H,3-4,6,9,13,16-25,27-29,31-35H2,1-2H3,(H,42,45)(H,43,46)(H,48,49)/b7-5-,10-8-,12-11-,15-14-,30-26-. The molecule has 0 bridgehead atoms. The second kappa shape index (κ2) is 35.4. The highest BCUT2D eigenvalue weighted by Crippen LogP contribution is 2.15. The molecule has 0 heterocycles. The van der Waals surface area contributed by atoms with Gasteiger partial charge in [0.25, 0.3) is 0 Å². The fourth-order valence-corrected chi connectivity index (χ4v) is 5.04. The third-order valence-electron chi connectivity index (χ3n) is 7.96. The normalized spacial score (nSPS) is 13.2. The molecule has 0 aromatic rings. The molecule has 9 nitrogen and oxygen atoms in total. The van der Waals surface area contributed by atoms with Crippen molar-refractivity contribution in [2.24, 2.45) is 0 Å². The molecular formula is C41H68N2O7. The molecule has 0 aliphatic heterocycles. The SMILES string of the molecule is CC/C=C\C/C=C\C/C=C\CCCCCCCCCC(=O)OC(/C=C\C/C=C\CCC)CCCCCCC(=O)NCC(=O)NC(CO)C(=O)O. The van der Waals surface area contributed by atoms with Gasteiger partial charge in [-0.1, -0.05) is 120 Å². The van der Waals surface area contributed by atoms with E-state index in [2.05, 4.69) is 79.2 Å². The van der Waals surface area contributed by atoms with Gasteiger partial charge in [-0.2, -0.15) is 0 Å². The minimum atomic E-state index is -1.39. The topological polar surface area (TPSA) is 142 Å². The van der Waals surface area contributed by atoms with Crippen molar-refractivity contribution in [3.63, 3.8) is 0 Å². The molecule has 4 N–H and O–H groups in total. The average Bonchev–Trinajstić information content (AvgIpc) is 3.10. The van der Waals surface area contributed by atoms with E-state index in [0.29, 0.717) is 12.8 Å². The molecule has 2 amide bonds. The Morgan fingerprint density at radius 2 is 1.20 bits per heavy atom. The van der Waals surface area contributed by atoms with Gasteiger partial charge in [0.2, 0.25) is 11.8 Å². The van der Waals surface area contributed by atoms with Crippen LogP contribution in [0.5, 0.6) is 0 Å². The van der Waals surface area contributed by atoms with Gasteiger partial charge in [0.1, 0.15) is 12.1 Å². The molecular weight excluding hydrogens is 632 g/mol. The van der Waals surface area contributed by atoms with Crippen LogP contribution in [-0.4, -0.2) is 59.3 Å². The molecule has 0 aromatic heterocycles. The molecule has 0 fully saturated rings. The summed E-state index contributed by atoms with van der Waals surface area (Å²) in [7, 11) is 0. The number of allylic oxidation sites excluding steroid dienone is 9. The Labute approximate surface area is 302 Å². The van der Waals surface area contributed by atoms with Crippen molar-refractivity contribution >= 4 is 23.8 Å². The Morgan fingerprint density at radius 1 is 0.640 bits per heavy atom. The van der Waals surface area contributed by atoms with Crippen LogP contribution < -0.4 is 10.6 Å². The van der Waals surface area contributed by atoms with Crippen molar-refractivity contribution in [2.75, 3.05) is 13.2 Å². The summed E-state index contributed by atoms with van der Waals surface area (Å²) in [4.78, 5) is 47.3. The fourth-order valence-electron chi connectivity index (χ4n) is 5.04. The third-order valence-corrected chi connectivity index (χ3v) is 7.96. The van der Waals surface area contributed by atoms with Crippen molar-refractivity contribution in [2.45, 2.75) is 161 Å². The summed E-state index contributed by atoms with van der Waals surface area (Å²) >= 11 is 0. The van der Waals surface area contributed by atoms with Gasteiger partial charge in [0.15, 0.2) is 0 Å². The van der Waals surface area contributed by atoms with E-state index in [0.717, 1.165) is 89.9 Å². The maximum absolute atomic E-state index is 12.6. The zero-order chi connectivity index (χ0) is 36.9. The first-order valence-electron chi connectivity index (χ1n) is 19.2. The first kappa shape index (κ1) is 46.5. The van der Waals surface area contributed by atoms with Gasteiger partial charge < -0.3 is 25.6 Å². The Kier molecular flexibility index (Phi) is 32.9. The molecule has 0 radical (unpaired) electrons. The number of carbonyl (C=O) groups excluding carboxylic acids is 3. The highest BCUT2D eigenvalue weighted by Gasteiger charge is 2.18. The molecule has 2 atom stereocenters. The Balaban J connectivity index is 4.21. The summed E-state index contributed by atoms with van der Waals surface area (Å²) in [6.07, 6.45) is 41.4. The van der Waals surface area contributed by atoms with Crippen LogP contribution in [0.25, 0.3) is 0 Å². The molecule has 0 saturated carbocycles. The number of carboxylic acids is 1. The predicted octanol–water partition coefficient (Wildman–Crippen LogP) is 8.59. The average molecular weight is 701 g/mol. The van der Waals surface area contributed by atoms with Crippen LogP contribution in [0.2, 0.25) is 0 Å². The summed E-state index contributed by atoms with van der Waals surface area (Å²) in [5.74, 6) is -2.45. The number of amides is 2. The first-order valence-corrected chi connectivity index (χ1v) is 19.2. The smallest absolute Gasteiger partial charge is 0.328 e. The van der Waals surface area contributed by atoms with Crippen molar-refractivity contribution < 1.29 is 34.1 Å². The molecule has 0 aliphatic rings. The molecule has 0 aliphatic carbocycles. The number of nitrogens with one attached hydrogen (secondary N) is 2. The minimum absolute atomic E-state index is 0.144. The quantitative estimate of drug-likeness (QED) is 0.0305. The van der Waals surface area contributed by atoms with Gasteiger partial charge in [-0.15, -0.1) is 0 Å². The first-order chi connectivity index (χ1) is 24.3. The lowest BCUT2D eigenvalue weighted by atomic mass is 10.1. The van der Waals surface area contributed by atoms with Crippen LogP contribution >= 0.6 is 0 Å². The van der Waals surface area contributed by atoms with Crippen molar-refractivity contribution in [3.05, 3.63) is 60.8 Å². The largest absolute Gasteiger partial charge is 0.480 e. The van der Waals surface area contributed by atoms with E-state index in [1.165, 1.54) is 25.7 Å². The van der Waals surface area contributed by atoms with Gasteiger partial charge in [0.05, 0.1) is 13.2 Å². The lowest BCUT2D eigenvalue weighted by Crippen LogP contribution is -2.47. The van der Waals surface area contributed by atoms with Crippen LogP contribution in [0.4, 0.5) is 0 Å². The summed E-state index contributed by atoms with van der Waals surface area (Å²) in [5, 5.41) is 22.5. The molecule has 0 aromatic carbocycles. The van der Waals surface area contributed by atoms with Crippen molar-refractivity contribution in [1.82, 2.24) is 10.6 Å². The van der Waals surface area contributed by atoms with Crippen LogP contribution in [-0.2, 0) is 23.9 Å². The summed E-state index contributed by atoms with van der Waals surface area (Å²) in [6, 6.07) is -1.39. The fraction of sp³-hybridized carbons (Fsp3) is 0.659. The molecule has 9 heteroatoms. The van der Waals surface area contributed by atoms with E-state index < -0.39 is 24.5 Å². The van der Waals surface area contributed by atoms with E-state index in [-0.39, 0.29) is 30.9 Å². The highest BCUT2D eigenvalue weighted by molar-refractivity contribution is 5.87. The number of ether oxygens (including phenoxy) is 1. The number of aliphatic carboxylic acids is 1. The second-order valence-electron chi connectivity index (χ2n) is 12.6. The number of rotatable bonds is 33. The molecule has 0 rings (SSSR count). The summed E-state index contributed by atoms with van der Waals surface area (Å²) in [6.45, 7) is 3.23. The number of unbranched alkanes of at least 4 members (excludes halogenated alkanes) is 11. The second-order valence-corrected chi connectivity index (χ2v) is 12.6. The molecule has 0 saturated heterocycles. The van der Waals surface area contributed by atoms with Crippen molar-refractivity contribution in [1.29, 1.82) is 0 Å². The summed E-state index contributed by atoms with van der Waals surface area (Å²) in [5.41, 5.74) is 0. The van der Waals surface area contributed by atoms with Gasteiger partial charge in [0, 0.05) is 12.8 Å². The zero-order valence-corrected chi connectivity index (χ0v) is 31.1. The number of carboxylic acid groups (broad SMARTS) is 1. The van der Waals surface area contributed by atoms with Gasteiger partial charge in [-0.25, -0.2) is 4.79 Å². The van der Waals surface area contributed by atoms with Crippen LogP contribution in [0, 0.1) is 0 Å². The summed E-state index contributed by atoms with van der Waals surface area (Å²) < 4.78 is 5.84. The maximum atomic E-state index is 12.6. The van der Waals surface area contributed by atoms with Crippen molar-refractivity contribution in [3.8, 4) is 0 Å². The van der Waals surface area contributed by atoms with E-state index in [9.17, 15) is 19.2 Å². The maximum Gasteiger partial charge on any atom is 0.328 e. The predicted molar refractivity (Wildman–Crippen MR) is 204 cm³/mol. The number of esters is 1. The lowest BCUT2D eigenvalue weighted by Gasteiger charge is -2.15. The number of aliphatic hydroxyl groups excluding tert-OH is 1. The molecule has 284 valence electrons. The van der Waals surface area contributed by atoms with Crippen LogP contribution in [0.1, 0.15) is 149 Å². The Hall–Kier alpha value is -3.46. The van der Waals surface area contributed by atoms with E-state index >= 15 is 0 Å². The van der Waals surface area contributed by atoms with E-state index in [1.807, 2.05) is 6.08 Å². The number of hydrogen-bond donors (Lipinski definition) is 4. The van der Waals surface area contributed by atoms with E-state index in [4.69, 9.17) is 14.9 Å². The highest BCUT2D eigenvalue weighted by atomic mass is 16.5. The number of carbonyl (C=O) groups is 4. The Morgan fingerprint density at radius 3 is 1.84 bits per heavy atom. The van der Waals surface area contributed by atoms with Crippen LogP contribution in [0.15, 0.2) is 60.8 Å². The Bertz CT molecular complexity index is 1030. The monoisotopic (exact) mass is 701 g/mol.